The summed E-state index contributed by atoms with van der Waals surface area (Å²) in [5, 5.41) is 14.4. The molecule has 0 radical (unpaired) electrons. The summed E-state index contributed by atoms with van der Waals surface area (Å²) in [7, 11) is 1.38. The number of benzene rings is 1. The molecule has 29 heavy (non-hydrogen) atoms. The first-order chi connectivity index (χ1) is 14.0. The second kappa shape index (κ2) is 8.06. The number of nitrogens with zero attached hydrogens (tertiary/aromatic N) is 2. The lowest BCUT2D eigenvalue weighted by molar-refractivity contribution is -0.384. The standard InChI is InChI=1S/C22H24N2O4S/c1-13-18(22(25)28-2)19(15-8-5-9-17(11-15)24(26)27)20-16(12-29-21(20)23-13)10-14-6-3-4-7-14/h5,8-9,11-12,14,18-19H,3-4,6-7,10H2,1-2H3. The molecule has 1 aliphatic carbocycles. The molecule has 2 aliphatic rings. The molecule has 2 atom stereocenters. The fourth-order valence-corrected chi connectivity index (χ4v) is 5.82. The summed E-state index contributed by atoms with van der Waals surface area (Å²) >= 11 is 1.60. The van der Waals surface area contributed by atoms with Gasteiger partial charge in [-0.05, 0) is 35.8 Å². The molecular formula is C22H24N2O4S. The molecule has 0 amide bonds. The van der Waals surface area contributed by atoms with Gasteiger partial charge in [0.25, 0.3) is 5.69 Å². The molecule has 6 nitrogen and oxygen atoms in total. The van der Waals surface area contributed by atoms with Crippen molar-refractivity contribution in [1.29, 1.82) is 0 Å². The number of nitro groups is 1. The number of carbonyl (C=O) groups excluding carboxylic acids is 1. The number of fused-ring (bicyclic) bond motifs is 1. The monoisotopic (exact) mass is 412 g/mol. The van der Waals surface area contributed by atoms with Crippen LogP contribution in [0.3, 0.4) is 0 Å². The minimum atomic E-state index is -0.577. The van der Waals surface area contributed by atoms with Gasteiger partial charge in [-0.1, -0.05) is 37.8 Å². The van der Waals surface area contributed by atoms with E-state index in [0.717, 1.165) is 22.5 Å². The van der Waals surface area contributed by atoms with Gasteiger partial charge in [0.05, 0.1) is 12.0 Å². The van der Waals surface area contributed by atoms with Crippen LogP contribution >= 0.6 is 11.3 Å². The Morgan fingerprint density at radius 2 is 2.10 bits per heavy atom. The van der Waals surface area contributed by atoms with Crippen LogP contribution in [0.15, 0.2) is 34.6 Å². The average molecular weight is 413 g/mol. The van der Waals surface area contributed by atoms with E-state index in [1.807, 2.05) is 13.0 Å². The van der Waals surface area contributed by atoms with Crippen LogP contribution in [0.1, 0.15) is 55.2 Å². The number of methoxy groups -OCH3 is 1. The lowest BCUT2D eigenvalue weighted by atomic mass is 9.75. The van der Waals surface area contributed by atoms with Crippen LogP contribution in [0.5, 0.6) is 0 Å². The summed E-state index contributed by atoms with van der Waals surface area (Å²) in [5.41, 5.74) is 3.74. The average Bonchev–Trinajstić information content (AvgIpc) is 3.37. The van der Waals surface area contributed by atoms with Crippen molar-refractivity contribution in [3.63, 3.8) is 0 Å². The minimum Gasteiger partial charge on any atom is -0.468 e. The van der Waals surface area contributed by atoms with E-state index in [1.165, 1.54) is 44.4 Å². The van der Waals surface area contributed by atoms with E-state index in [4.69, 9.17) is 9.73 Å². The van der Waals surface area contributed by atoms with Gasteiger partial charge in [-0.25, -0.2) is 4.99 Å². The van der Waals surface area contributed by atoms with Crippen LogP contribution < -0.4 is 0 Å². The molecule has 152 valence electrons. The second-order valence-corrected chi connectivity index (χ2v) is 8.78. The Hall–Kier alpha value is -2.54. The second-order valence-electron chi connectivity index (χ2n) is 7.92. The molecule has 1 aromatic carbocycles. The normalized spacial score (nSPS) is 21.5. The van der Waals surface area contributed by atoms with Crippen molar-refractivity contribution < 1.29 is 14.5 Å². The number of hydrogen-bond acceptors (Lipinski definition) is 6. The van der Waals surface area contributed by atoms with Gasteiger partial charge in [-0.15, -0.1) is 11.3 Å². The summed E-state index contributed by atoms with van der Waals surface area (Å²) in [5.74, 6) is -0.599. The maximum atomic E-state index is 12.7. The molecular weight excluding hydrogens is 388 g/mol. The van der Waals surface area contributed by atoms with Gasteiger partial charge in [0, 0.05) is 29.3 Å². The van der Waals surface area contributed by atoms with Crippen LogP contribution in [0, 0.1) is 22.0 Å². The van der Waals surface area contributed by atoms with E-state index in [2.05, 4.69) is 5.38 Å². The van der Waals surface area contributed by atoms with Crippen molar-refractivity contribution in [3.8, 4) is 0 Å². The summed E-state index contributed by atoms with van der Waals surface area (Å²) < 4.78 is 5.10. The Morgan fingerprint density at radius 1 is 1.34 bits per heavy atom. The van der Waals surface area contributed by atoms with Crippen molar-refractivity contribution >= 4 is 33.7 Å². The lowest BCUT2D eigenvalue weighted by Crippen LogP contribution is -2.33. The number of rotatable bonds is 5. The van der Waals surface area contributed by atoms with Crippen molar-refractivity contribution in [3.05, 3.63) is 56.5 Å². The number of hydrogen-bond donors (Lipinski definition) is 0. The predicted octanol–water partition coefficient (Wildman–Crippen LogP) is 5.42. The Kier molecular flexibility index (Phi) is 5.50. The highest BCUT2D eigenvalue weighted by atomic mass is 32.1. The molecule has 4 rings (SSSR count). The van der Waals surface area contributed by atoms with E-state index in [1.54, 1.807) is 23.5 Å². The summed E-state index contributed by atoms with van der Waals surface area (Å²) in [6, 6.07) is 6.62. The Labute approximate surface area is 173 Å². The number of ether oxygens (including phenoxy) is 1. The molecule has 0 saturated heterocycles. The Morgan fingerprint density at radius 3 is 2.79 bits per heavy atom. The zero-order valence-corrected chi connectivity index (χ0v) is 17.4. The third-order valence-corrected chi connectivity index (χ3v) is 7.08. The van der Waals surface area contributed by atoms with E-state index in [9.17, 15) is 14.9 Å². The van der Waals surface area contributed by atoms with Crippen LogP contribution in [0.4, 0.5) is 10.7 Å². The van der Waals surface area contributed by atoms with Gasteiger partial charge in [0.2, 0.25) is 0 Å². The van der Waals surface area contributed by atoms with E-state index >= 15 is 0 Å². The molecule has 1 aliphatic heterocycles. The van der Waals surface area contributed by atoms with Crippen LogP contribution in [-0.2, 0) is 16.0 Å². The number of esters is 1. The molecule has 2 heterocycles. The summed E-state index contributed by atoms with van der Waals surface area (Å²) in [4.78, 5) is 28.4. The van der Waals surface area contributed by atoms with Gasteiger partial charge in [-0.2, -0.15) is 0 Å². The fraction of sp³-hybridized carbons (Fsp3) is 0.455. The minimum absolute atomic E-state index is 0.0282. The lowest BCUT2D eigenvalue weighted by Gasteiger charge is -2.30. The third-order valence-electron chi connectivity index (χ3n) is 6.14. The maximum absolute atomic E-state index is 12.7. The number of carbonyl (C=O) groups is 1. The van der Waals surface area contributed by atoms with Gasteiger partial charge >= 0.3 is 5.97 Å². The van der Waals surface area contributed by atoms with Crippen molar-refractivity contribution in [2.75, 3.05) is 7.11 Å². The van der Waals surface area contributed by atoms with E-state index < -0.39 is 10.8 Å². The largest absolute Gasteiger partial charge is 0.468 e. The molecule has 2 unspecified atom stereocenters. The molecule has 0 spiro atoms. The summed E-state index contributed by atoms with van der Waals surface area (Å²) in [6.45, 7) is 1.84. The zero-order chi connectivity index (χ0) is 20.5. The quantitative estimate of drug-likeness (QED) is 0.373. The van der Waals surface area contributed by atoms with Crippen LogP contribution in [0.25, 0.3) is 0 Å². The van der Waals surface area contributed by atoms with Crippen molar-refractivity contribution in [2.45, 2.75) is 44.9 Å². The van der Waals surface area contributed by atoms with E-state index in [-0.39, 0.29) is 17.6 Å². The molecule has 0 bridgehead atoms. The fourth-order valence-electron chi connectivity index (χ4n) is 4.76. The molecule has 1 saturated carbocycles. The highest BCUT2D eigenvalue weighted by Crippen LogP contribution is 2.49. The number of non-ortho nitro benzene ring substituents is 1. The van der Waals surface area contributed by atoms with Gasteiger partial charge in [0.15, 0.2) is 0 Å². The molecule has 2 aromatic rings. The first kappa shape index (κ1) is 19.8. The first-order valence-corrected chi connectivity index (χ1v) is 10.8. The molecule has 0 N–H and O–H groups in total. The maximum Gasteiger partial charge on any atom is 0.315 e. The van der Waals surface area contributed by atoms with Gasteiger partial charge in [0.1, 0.15) is 10.9 Å². The van der Waals surface area contributed by atoms with Gasteiger partial charge in [-0.3, -0.25) is 14.9 Å². The topological polar surface area (TPSA) is 81.8 Å². The van der Waals surface area contributed by atoms with Crippen LogP contribution in [-0.4, -0.2) is 23.7 Å². The first-order valence-electron chi connectivity index (χ1n) is 9.97. The zero-order valence-electron chi connectivity index (χ0n) is 16.6. The summed E-state index contributed by atoms with van der Waals surface area (Å²) in [6.07, 6.45) is 5.98. The van der Waals surface area contributed by atoms with E-state index in [0.29, 0.717) is 11.6 Å². The number of nitro benzene ring substituents is 1. The number of aliphatic imine (C=N–C) groups is 1. The Balaban J connectivity index is 1.84. The highest BCUT2D eigenvalue weighted by molar-refractivity contribution is 7.14. The number of thiophene rings is 1. The molecule has 7 heteroatoms. The highest BCUT2D eigenvalue weighted by Gasteiger charge is 2.41. The van der Waals surface area contributed by atoms with Crippen molar-refractivity contribution in [1.82, 2.24) is 0 Å². The predicted molar refractivity (Wildman–Crippen MR) is 113 cm³/mol. The molecule has 1 fully saturated rings. The van der Waals surface area contributed by atoms with Crippen molar-refractivity contribution in [2.24, 2.45) is 16.8 Å². The molecule has 1 aromatic heterocycles. The SMILES string of the molecule is COC(=O)C1C(C)=Nc2scc(CC3CCCC3)c2C1c1cccc([N+](=O)[O-])c1. The van der Waals surface area contributed by atoms with Crippen LogP contribution in [0.2, 0.25) is 0 Å². The third kappa shape index (κ3) is 3.71. The smallest absolute Gasteiger partial charge is 0.315 e. The Bertz CT molecular complexity index is 975. The van der Waals surface area contributed by atoms with Gasteiger partial charge < -0.3 is 4.74 Å².